The van der Waals surface area contributed by atoms with Crippen LogP contribution >= 0.6 is 0 Å². The van der Waals surface area contributed by atoms with Crippen LogP contribution in [0, 0.1) is 17.8 Å². The highest BCUT2D eigenvalue weighted by molar-refractivity contribution is 5.80. The summed E-state index contributed by atoms with van der Waals surface area (Å²) in [6.45, 7) is 0.624. The van der Waals surface area contributed by atoms with E-state index in [1.54, 1.807) is 0 Å². The maximum absolute atomic E-state index is 13.4. The summed E-state index contributed by atoms with van der Waals surface area (Å²) >= 11 is 0. The van der Waals surface area contributed by atoms with E-state index in [4.69, 9.17) is 9.51 Å². The fraction of sp³-hybridized carbons (Fsp3) is 0.375. The lowest BCUT2D eigenvalue weighted by Gasteiger charge is -2.31. The Balaban J connectivity index is 1.39. The molecule has 4 atom stereocenters. The van der Waals surface area contributed by atoms with E-state index in [9.17, 15) is 4.79 Å². The van der Waals surface area contributed by atoms with Gasteiger partial charge in [0, 0.05) is 19.2 Å². The molecular weight excluding hydrogens is 362 g/mol. The molecule has 1 heterocycles. The van der Waals surface area contributed by atoms with Crippen molar-refractivity contribution in [3.63, 3.8) is 0 Å². The van der Waals surface area contributed by atoms with Crippen LogP contribution < -0.4 is 0 Å². The van der Waals surface area contributed by atoms with Crippen molar-refractivity contribution >= 4 is 5.91 Å². The summed E-state index contributed by atoms with van der Waals surface area (Å²) in [7, 11) is 1.90. The van der Waals surface area contributed by atoms with Crippen LogP contribution in [-0.4, -0.2) is 28.0 Å². The minimum Gasteiger partial charge on any atom is -0.341 e. The Bertz CT molecular complexity index is 986. The zero-order chi connectivity index (χ0) is 19.8. The van der Waals surface area contributed by atoms with Crippen molar-refractivity contribution < 1.29 is 9.32 Å². The van der Waals surface area contributed by atoms with Gasteiger partial charge in [-0.25, -0.2) is 0 Å². The molecule has 0 unspecified atom stereocenters. The Hall–Kier alpha value is -2.95. The molecule has 5 heteroatoms. The van der Waals surface area contributed by atoms with Crippen molar-refractivity contribution in [2.24, 2.45) is 17.8 Å². The van der Waals surface area contributed by atoms with Crippen LogP contribution in [0.25, 0.3) is 11.4 Å². The highest BCUT2D eigenvalue weighted by Gasteiger charge is 2.54. The molecule has 0 N–H and O–H groups in total. The summed E-state index contributed by atoms with van der Waals surface area (Å²) < 4.78 is 5.70. The third-order valence-electron chi connectivity index (χ3n) is 6.60. The Morgan fingerprint density at radius 3 is 2.48 bits per heavy atom. The largest absolute Gasteiger partial charge is 0.341 e. The van der Waals surface area contributed by atoms with Gasteiger partial charge < -0.3 is 9.42 Å². The average Bonchev–Trinajstić information content (AvgIpc) is 3.50. The second kappa shape index (κ2) is 7.47. The van der Waals surface area contributed by atoms with E-state index in [2.05, 4.69) is 17.3 Å². The van der Waals surface area contributed by atoms with Gasteiger partial charge in [0.05, 0.1) is 11.8 Å². The summed E-state index contributed by atoms with van der Waals surface area (Å²) in [4.78, 5) is 20.0. The lowest BCUT2D eigenvalue weighted by atomic mass is 9.78. The highest BCUT2D eigenvalue weighted by Crippen LogP contribution is 2.57. The fourth-order valence-electron chi connectivity index (χ4n) is 5.27. The SMILES string of the molecule is CN(Cc1ccccc1)C(=O)[C@H]1[C@H]2CC[C@H](C2)[C@@H]1c1nc(-c2ccccc2)no1. The van der Waals surface area contributed by atoms with E-state index in [1.165, 1.54) is 0 Å². The molecule has 1 amide bonds. The van der Waals surface area contributed by atoms with Gasteiger partial charge >= 0.3 is 0 Å². The first kappa shape index (κ1) is 18.1. The molecule has 29 heavy (non-hydrogen) atoms. The van der Waals surface area contributed by atoms with Gasteiger partial charge in [0.25, 0.3) is 0 Å². The number of fused-ring (bicyclic) bond motifs is 2. The van der Waals surface area contributed by atoms with Gasteiger partial charge in [-0.05, 0) is 36.7 Å². The van der Waals surface area contributed by atoms with Crippen LogP contribution in [0.15, 0.2) is 65.2 Å². The zero-order valence-electron chi connectivity index (χ0n) is 16.6. The molecule has 2 bridgehead atoms. The van der Waals surface area contributed by atoms with Crippen LogP contribution in [-0.2, 0) is 11.3 Å². The van der Waals surface area contributed by atoms with Crippen LogP contribution in [0.4, 0.5) is 0 Å². The second-order valence-corrected chi connectivity index (χ2v) is 8.39. The predicted molar refractivity (Wildman–Crippen MR) is 110 cm³/mol. The maximum Gasteiger partial charge on any atom is 0.231 e. The molecule has 2 fully saturated rings. The molecular formula is C24H25N3O2. The maximum atomic E-state index is 13.4. The Kier molecular flexibility index (Phi) is 4.66. The first-order chi connectivity index (χ1) is 14.2. The smallest absolute Gasteiger partial charge is 0.231 e. The third kappa shape index (κ3) is 3.35. The Morgan fingerprint density at radius 1 is 1.03 bits per heavy atom. The molecule has 5 rings (SSSR count). The van der Waals surface area contributed by atoms with Crippen LogP contribution in [0.3, 0.4) is 0 Å². The number of hydrogen-bond donors (Lipinski definition) is 0. The third-order valence-corrected chi connectivity index (χ3v) is 6.60. The zero-order valence-corrected chi connectivity index (χ0v) is 16.6. The van der Waals surface area contributed by atoms with Gasteiger partial charge in [-0.3, -0.25) is 4.79 Å². The minimum absolute atomic E-state index is 0.0319. The van der Waals surface area contributed by atoms with Gasteiger partial charge in [0.1, 0.15) is 0 Å². The van der Waals surface area contributed by atoms with Gasteiger partial charge in [-0.15, -0.1) is 0 Å². The number of hydrogen-bond acceptors (Lipinski definition) is 4. The molecule has 0 spiro atoms. The average molecular weight is 387 g/mol. The standard InChI is InChI=1S/C24H25N3O2/c1-27(15-16-8-4-2-5-9-16)24(28)21-19-13-12-18(14-19)20(21)23-25-22(26-29-23)17-10-6-3-7-11-17/h2-11,18-21H,12-15H2,1H3/t18-,19+,20+,21+/m1/s1. The van der Waals surface area contributed by atoms with Crippen LogP contribution in [0.1, 0.15) is 36.6 Å². The summed E-state index contributed by atoms with van der Waals surface area (Å²) in [5, 5.41) is 4.21. The summed E-state index contributed by atoms with van der Waals surface area (Å²) in [5.41, 5.74) is 2.09. The van der Waals surface area contributed by atoms with E-state index in [1.807, 2.05) is 60.5 Å². The van der Waals surface area contributed by atoms with Crippen molar-refractivity contribution in [1.82, 2.24) is 15.0 Å². The van der Waals surface area contributed by atoms with Crippen molar-refractivity contribution in [2.75, 3.05) is 7.05 Å². The van der Waals surface area contributed by atoms with Crippen LogP contribution in [0.5, 0.6) is 0 Å². The Labute approximate surface area is 170 Å². The van der Waals surface area contributed by atoms with Gasteiger partial charge in [-0.2, -0.15) is 4.98 Å². The molecule has 2 aliphatic rings. The molecule has 0 aliphatic heterocycles. The van der Waals surface area contributed by atoms with Crippen molar-refractivity contribution in [3.8, 4) is 11.4 Å². The van der Waals surface area contributed by atoms with E-state index >= 15 is 0 Å². The molecule has 5 nitrogen and oxygen atoms in total. The molecule has 2 saturated carbocycles. The van der Waals surface area contributed by atoms with E-state index < -0.39 is 0 Å². The predicted octanol–water partition coefficient (Wildman–Crippen LogP) is 4.52. The first-order valence-corrected chi connectivity index (χ1v) is 10.4. The minimum atomic E-state index is -0.0634. The van der Waals surface area contributed by atoms with Crippen molar-refractivity contribution in [1.29, 1.82) is 0 Å². The molecule has 3 aromatic rings. The lowest BCUT2D eigenvalue weighted by Crippen LogP contribution is -2.38. The number of benzene rings is 2. The normalized spacial score (nSPS) is 25.3. The second-order valence-electron chi connectivity index (χ2n) is 8.39. The number of carbonyl (C=O) groups excluding carboxylic acids is 1. The van der Waals surface area contributed by atoms with Gasteiger partial charge in [0.15, 0.2) is 0 Å². The topological polar surface area (TPSA) is 59.2 Å². The van der Waals surface area contributed by atoms with Gasteiger partial charge in [0.2, 0.25) is 17.6 Å². The number of amides is 1. The molecule has 2 aromatic carbocycles. The lowest BCUT2D eigenvalue weighted by molar-refractivity contribution is -0.137. The summed E-state index contributed by atoms with van der Waals surface area (Å²) in [6, 6.07) is 20.0. The first-order valence-electron chi connectivity index (χ1n) is 10.4. The van der Waals surface area contributed by atoms with Gasteiger partial charge in [-0.1, -0.05) is 65.8 Å². The number of nitrogens with zero attached hydrogens (tertiary/aromatic N) is 3. The number of rotatable bonds is 5. The van der Waals surface area contributed by atoms with Crippen molar-refractivity contribution in [3.05, 3.63) is 72.1 Å². The van der Waals surface area contributed by atoms with E-state index in [-0.39, 0.29) is 17.7 Å². The Morgan fingerprint density at radius 2 is 1.72 bits per heavy atom. The molecule has 1 aromatic heterocycles. The number of carbonyl (C=O) groups is 1. The molecule has 0 radical (unpaired) electrons. The molecule has 2 aliphatic carbocycles. The summed E-state index contributed by atoms with van der Waals surface area (Å²) in [6.07, 6.45) is 3.35. The number of aromatic nitrogens is 2. The molecule has 148 valence electrons. The quantitative estimate of drug-likeness (QED) is 0.646. The molecule has 0 saturated heterocycles. The summed E-state index contributed by atoms with van der Waals surface area (Å²) in [5.74, 6) is 2.28. The fourth-order valence-corrected chi connectivity index (χ4v) is 5.27. The van der Waals surface area contributed by atoms with E-state index in [0.29, 0.717) is 30.1 Å². The monoisotopic (exact) mass is 387 g/mol. The van der Waals surface area contributed by atoms with E-state index in [0.717, 1.165) is 30.4 Å². The van der Waals surface area contributed by atoms with Crippen LogP contribution in [0.2, 0.25) is 0 Å². The highest BCUT2D eigenvalue weighted by atomic mass is 16.5. The van der Waals surface area contributed by atoms with Crippen molar-refractivity contribution in [2.45, 2.75) is 31.7 Å².